The van der Waals surface area contributed by atoms with Gasteiger partial charge in [-0.25, -0.2) is 4.98 Å². The number of hydrogen-bond acceptors (Lipinski definition) is 3. The molecule has 10 rings (SSSR count). The Balaban J connectivity index is 1.08. The van der Waals surface area contributed by atoms with Crippen molar-refractivity contribution in [2.24, 2.45) is 0 Å². The fourth-order valence-corrected chi connectivity index (χ4v) is 8.43. The van der Waals surface area contributed by atoms with E-state index < -0.39 is 5.41 Å². The number of hydrogen-bond donors (Lipinski definition) is 0. The average Bonchev–Trinajstić information content (AvgIpc) is 3.58. The molecule has 3 nitrogen and oxygen atoms in total. The molecule has 0 radical (unpaired) electrons. The maximum atomic E-state index is 5.01. The van der Waals surface area contributed by atoms with Gasteiger partial charge in [0.15, 0.2) is 0 Å². The Bertz CT molecular complexity index is 2680. The van der Waals surface area contributed by atoms with Crippen LogP contribution in [-0.2, 0) is 5.41 Å². The Morgan fingerprint density at radius 1 is 0.291 bits per heavy atom. The van der Waals surface area contributed by atoms with Crippen LogP contribution < -0.4 is 0 Å². The predicted molar refractivity (Wildman–Crippen MR) is 224 cm³/mol. The van der Waals surface area contributed by atoms with E-state index in [9.17, 15) is 0 Å². The third-order valence-electron chi connectivity index (χ3n) is 10.9. The van der Waals surface area contributed by atoms with E-state index in [1.54, 1.807) is 0 Å². The van der Waals surface area contributed by atoms with Crippen LogP contribution in [0.4, 0.5) is 0 Å². The van der Waals surface area contributed by atoms with E-state index >= 15 is 0 Å². The number of nitrogens with zero attached hydrogens (tertiary/aromatic N) is 3. The molecule has 0 N–H and O–H groups in total. The minimum absolute atomic E-state index is 0.434. The first-order chi connectivity index (χ1) is 27.3. The average molecular weight is 702 g/mol. The van der Waals surface area contributed by atoms with Gasteiger partial charge in [-0.3, -0.25) is 9.97 Å². The Morgan fingerprint density at radius 2 is 0.764 bits per heavy atom. The summed E-state index contributed by atoms with van der Waals surface area (Å²) in [7, 11) is 0. The molecule has 1 aliphatic rings. The Kier molecular flexibility index (Phi) is 8.04. The topological polar surface area (TPSA) is 38.7 Å². The first-order valence-electron chi connectivity index (χ1n) is 18.7. The number of fused-ring (bicyclic) bond motifs is 3. The lowest BCUT2D eigenvalue weighted by molar-refractivity contribution is 0.769. The van der Waals surface area contributed by atoms with Gasteiger partial charge in [0.2, 0.25) is 0 Å². The number of pyridine rings is 3. The Labute approximate surface area is 321 Å². The summed E-state index contributed by atoms with van der Waals surface area (Å²) in [5.41, 5.74) is 17.4. The smallest absolute Gasteiger partial charge is 0.0900 e. The van der Waals surface area contributed by atoms with Gasteiger partial charge in [-0.2, -0.15) is 0 Å². The molecule has 0 amide bonds. The molecule has 55 heavy (non-hydrogen) atoms. The predicted octanol–water partition coefficient (Wildman–Crippen LogP) is 12.6. The summed E-state index contributed by atoms with van der Waals surface area (Å²) >= 11 is 0. The van der Waals surface area contributed by atoms with Gasteiger partial charge in [-0.15, -0.1) is 0 Å². The first kappa shape index (κ1) is 32.4. The van der Waals surface area contributed by atoms with Crippen molar-refractivity contribution in [2.45, 2.75) is 5.41 Å². The van der Waals surface area contributed by atoms with Crippen LogP contribution in [0.15, 0.2) is 213 Å². The van der Waals surface area contributed by atoms with Crippen LogP contribution in [0.1, 0.15) is 22.3 Å². The van der Waals surface area contributed by atoms with E-state index in [0.29, 0.717) is 0 Å². The van der Waals surface area contributed by atoms with Crippen molar-refractivity contribution in [3.8, 4) is 67.3 Å². The second-order valence-electron chi connectivity index (χ2n) is 14.0. The van der Waals surface area contributed by atoms with Crippen LogP contribution in [-0.4, -0.2) is 15.0 Å². The zero-order valence-corrected chi connectivity index (χ0v) is 30.0. The number of benzene rings is 6. The summed E-state index contributed by atoms with van der Waals surface area (Å²) in [5, 5.41) is 0. The summed E-state index contributed by atoms with van der Waals surface area (Å²) in [6.45, 7) is 0. The molecule has 9 aromatic rings. The molecule has 0 saturated heterocycles. The standard InChI is InChI=1S/C52H35N3/c1-3-15-40(16-4-1)52(41-17-5-2-6-18-41)46-22-10-9-21-44(46)45-30-29-38(33-47(45)52)36-25-27-37(28-26-36)42-19-7-8-20-43(42)39-34-50(48-23-11-13-31-53-48)55-51(35-39)49-24-12-14-32-54-49/h1-35H. The molecule has 3 aromatic heterocycles. The van der Waals surface area contributed by atoms with Gasteiger partial charge >= 0.3 is 0 Å². The van der Waals surface area contributed by atoms with Crippen molar-refractivity contribution >= 4 is 0 Å². The quantitative estimate of drug-likeness (QED) is 0.166. The summed E-state index contributed by atoms with van der Waals surface area (Å²) in [6.07, 6.45) is 3.62. The Morgan fingerprint density at radius 3 is 1.35 bits per heavy atom. The second-order valence-corrected chi connectivity index (χ2v) is 14.0. The molecule has 0 atom stereocenters. The molecular weight excluding hydrogens is 667 g/mol. The fourth-order valence-electron chi connectivity index (χ4n) is 8.43. The van der Waals surface area contributed by atoms with E-state index in [0.717, 1.165) is 45.0 Å². The summed E-state index contributed by atoms with van der Waals surface area (Å²) < 4.78 is 0. The van der Waals surface area contributed by atoms with E-state index in [1.165, 1.54) is 44.5 Å². The highest BCUT2D eigenvalue weighted by atomic mass is 14.8. The van der Waals surface area contributed by atoms with Crippen molar-refractivity contribution in [2.75, 3.05) is 0 Å². The first-order valence-corrected chi connectivity index (χ1v) is 18.7. The third kappa shape index (κ3) is 5.57. The molecule has 1 aliphatic carbocycles. The maximum absolute atomic E-state index is 5.01. The fraction of sp³-hybridized carbons (Fsp3) is 0.0192. The molecule has 0 saturated carbocycles. The molecule has 258 valence electrons. The molecular formula is C52H35N3. The van der Waals surface area contributed by atoms with Gasteiger partial charge in [-0.1, -0.05) is 158 Å². The highest BCUT2D eigenvalue weighted by molar-refractivity contribution is 5.90. The van der Waals surface area contributed by atoms with Crippen LogP contribution in [0.5, 0.6) is 0 Å². The molecule has 3 heteroatoms. The van der Waals surface area contributed by atoms with Gasteiger partial charge < -0.3 is 0 Å². The van der Waals surface area contributed by atoms with E-state index in [2.05, 4.69) is 174 Å². The molecule has 0 aliphatic heterocycles. The minimum Gasteiger partial charge on any atom is -0.255 e. The highest BCUT2D eigenvalue weighted by Gasteiger charge is 2.46. The van der Waals surface area contributed by atoms with Crippen molar-refractivity contribution < 1.29 is 0 Å². The molecule has 0 spiro atoms. The lowest BCUT2D eigenvalue weighted by Gasteiger charge is -2.34. The molecule has 0 fully saturated rings. The van der Waals surface area contributed by atoms with Crippen LogP contribution in [0.25, 0.3) is 67.3 Å². The van der Waals surface area contributed by atoms with Crippen molar-refractivity contribution in [3.05, 3.63) is 235 Å². The number of aromatic nitrogens is 3. The summed E-state index contributed by atoms with van der Waals surface area (Å²) in [5.74, 6) is 0. The van der Waals surface area contributed by atoms with Gasteiger partial charge in [0, 0.05) is 12.4 Å². The van der Waals surface area contributed by atoms with Crippen molar-refractivity contribution in [1.82, 2.24) is 15.0 Å². The third-order valence-corrected chi connectivity index (χ3v) is 10.9. The normalized spacial score (nSPS) is 12.5. The minimum atomic E-state index is -0.434. The lowest BCUT2D eigenvalue weighted by atomic mass is 9.67. The summed E-state index contributed by atoms with van der Waals surface area (Å²) in [4.78, 5) is 14.3. The van der Waals surface area contributed by atoms with E-state index in [1.807, 2.05) is 48.8 Å². The zero-order valence-electron chi connectivity index (χ0n) is 30.0. The molecule has 0 bridgehead atoms. The largest absolute Gasteiger partial charge is 0.255 e. The maximum Gasteiger partial charge on any atom is 0.0900 e. The van der Waals surface area contributed by atoms with Crippen molar-refractivity contribution in [3.63, 3.8) is 0 Å². The molecule has 0 unspecified atom stereocenters. The van der Waals surface area contributed by atoms with Crippen LogP contribution in [0.2, 0.25) is 0 Å². The van der Waals surface area contributed by atoms with Gasteiger partial charge in [-0.05, 0) is 109 Å². The summed E-state index contributed by atoms with van der Waals surface area (Å²) in [6, 6.07) is 71.6. The second kappa shape index (κ2) is 13.6. The van der Waals surface area contributed by atoms with Crippen LogP contribution >= 0.6 is 0 Å². The van der Waals surface area contributed by atoms with Gasteiger partial charge in [0.25, 0.3) is 0 Å². The Hall–Kier alpha value is -7.23. The molecule has 6 aromatic carbocycles. The van der Waals surface area contributed by atoms with Gasteiger partial charge in [0.05, 0.1) is 28.2 Å². The molecule has 3 heterocycles. The van der Waals surface area contributed by atoms with Gasteiger partial charge in [0.1, 0.15) is 0 Å². The SMILES string of the molecule is c1ccc(C2(c3ccccc3)c3ccccc3-c3ccc(-c4ccc(-c5ccccc5-c5cc(-c6ccccn6)nc(-c6ccccn6)c5)cc4)cc32)cc1. The van der Waals surface area contributed by atoms with E-state index in [-0.39, 0.29) is 0 Å². The van der Waals surface area contributed by atoms with Crippen molar-refractivity contribution in [1.29, 1.82) is 0 Å². The van der Waals surface area contributed by atoms with Crippen LogP contribution in [0, 0.1) is 0 Å². The van der Waals surface area contributed by atoms with Crippen LogP contribution in [0.3, 0.4) is 0 Å². The number of rotatable bonds is 7. The zero-order chi connectivity index (χ0) is 36.6. The lowest BCUT2D eigenvalue weighted by Crippen LogP contribution is -2.28. The van der Waals surface area contributed by atoms with E-state index in [4.69, 9.17) is 4.98 Å². The highest BCUT2D eigenvalue weighted by Crippen LogP contribution is 2.56. The monoisotopic (exact) mass is 701 g/mol.